The molecule has 1 aromatic rings. The SMILES string of the molecule is CC(=O)N(O)[C@@H]1c2cc(C#N)ccc2CC(C)(C)[C@H]1O. The molecule has 0 unspecified atom stereocenters. The highest BCUT2D eigenvalue weighted by molar-refractivity contribution is 5.72. The summed E-state index contributed by atoms with van der Waals surface area (Å²) < 4.78 is 0. The Balaban J connectivity index is 2.60. The number of carbonyl (C=O) groups is 1. The van der Waals surface area contributed by atoms with Crippen molar-refractivity contribution in [3.8, 4) is 6.07 Å². The van der Waals surface area contributed by atoms with Gasteiger partial charge in [-0.05, 0) is 35.1 Å². The topological polar surface area (TPSA) is 84.6 Å². The van der Waals surface area contributed by atoms with Crippen LogP contribution in [0.4, 0.5) is 0 Å². The maximum atomic E-state index is 11.5. The predicted octanol–water partition coefficient (Wildman–Crippen LogP) is 1.78. The molecule has 1 aliphatic carbocycles. The number of nitriles is 1. The summed E-state index contributed by atoms with van der Waals surface area (Å²) in [5, 5.41) is 30.0. The van der Waals surface area contributed by atoms with E-state index in [0.717, 1.165) is 5.56 Å². The Bertz CT molecular complexity index is 589. The van der Waals surface area contributed by atoms with Gasteiger partial charge < -0.3 is 5.11 Å². The summed E-state index contributed by atoms with van der Waals surface area (Å²) in [6.07, 6.45) is -0.282. The number of nitrogens with zero attached hydrogens (tertiary/aromatic N) is 2. The van der Waals surface area contributed by atoms with Crippen LogP contribution in [0.5, 0.6) is 0 Å². The van der Waals surface area contributed by atoms with Gasteiger partial charge in [-0.15, -0.1) is 0 Å². The molecule has 20 heavy (non-hydrogen) atoms. The zero-order valence-corrected chi connectivity index (χ0v) is 11.8. The Kier molecular flexibility index (Phi) is 3.55. The van der Waals surface area contributed by atoms with Crippen LogP contribution in [0.2, 0.25) is 0 Å². The minimum atomic E-state index is -0.905. The number of hydrogen-bond acceptors (Lipinski definition) is 4. The highest BCUT2D eigenvalue weighted by Gasteiger charge is 2.44. The molecule has 1 amide bonds. The molecule has 0 fully saturated rings. The summed E-state index contributed by atoms with van der Waals surface area (Å²) in [6, 6.07) is 6.35. The van der Waals surface area contributed by atoms with E-state index in [1.165, 1.54) is 6.92 Å². The van der Waals surface area contributed by atoms with Crippen molar-refractivity contribution in [2.45, 2.75) is 39.3 Å². The lowest BCUT2D eigenvalue weighted by molar-refractivity contribution is -0.194. The Morgan fingerprint density at radius 1 is 1.50 bits per heavy atom. The average molecular weight is 274 g/mol. The minimum Gasteiger partial charge on any atom is -0.390 e. The van der Waals surface area contributed by atoms with Gasteiger partial charge in [-0.2, -0.15) is 5.26 Å². The zero-order valence-electron chi connectivity index (χ0n) is 11.8. The quantitative estimate of drug-likeness (QED) is 0.604. The van der Waals surface area contributed by atoms with Crippen LogP contribution in [0.15, 0.2) is 18.2 Å². The number of fused-ring (bicyclic) bond motifs is 1. The smallest absolute Gasteiger partial charge is 0.243 e. The van der Waals surface area contributed by atoms with Crippen molar-refractivity contribution < 1.29 is 15.1 Å². The van der Waals surface area contributed by atoms with E-state index in [1.54, 1.807) is 12.1 Å². The molecule has 5 nitrogen and oxygen atoms in total. The normalized spacial score (nSPS) is 23.6. The fourth-order valence-electron chi connectivity index (χ4n) is 2.76. The van der Waals surface area contributed by atoms with Crippen LogP contribution in [-0.4, -0.2) is 27.4 Å². The molecule has 0 aliphatic heterocycles. The molecule has 1 aromatic carbocycles. The predicted molar refractivity (Wildman–Crippen MR) is 71.7 cm³/mol. The second kappa shape index (κ2) is 4.89. The first-order valence-corrected chi connectivity index (χ1v) is 6.47. The summed E-state index contributed by atoms with van der Waals surface area (Å²) >= 11 is 0. The molecule has 2 N–H and O–H groups in total. The molecule has 0 saturated heterocycles. The van der Waals surface area contributed by atoms with Crippen molar-refractivity contribution in [1.82, 2.24) is 5.06 Å². The van der Waals surface area contributed by atoms with Crippen molar-refractivity contribution in [3.05, 3.63) is 34.9 Å². The molecule has 5 heteroatoms. The van der Waals surface area contributed by atoms with Crippen molar-refractivity contribution >= 4 is 5.91 Å². The van der Waals surface area contributed by atoms with E-state index < -0.39 is 23.5 Å². The van der Waals surface area contributed by atoms with Gasteiger partial charge in [0.2, 0.25) is 5.91 Å². The maximum Gasteiger partial charge on any atom is 0.243 e. The first kappa shape index (κ1) is 14.5. The summed E-state index contributed by atoms with van der Waals surface area (Å²) in [7, 11) is 0. The Morgan fingerprint density at radius 2 is 2.15 bits per heavy atom. The molecule has 0 bridgehead atoms. The summed E-state index contributed by atoms with van der Waals surface area (Å²) in [5.74, 6) is -0.542. The molecule has 2 rings (SSSR count). The van der Waals surface area contributed by atoms with E-state index in [1.807, 2.05) is 26.0 Å². The first-order chi connectivity index (χ1) is 9.27. The van der Waals surface area contributed by atoms with Gasteiger partial charge in [-0.25, -0.2) is 5.06 Å². The minimum absolute atomic E-state index is 0.442. The second-order valence-electron chi connectivity index (χ2n) is 5.94. The van der Waals surface area contributed by atoms with Crippen LogP contribution in [0, 0.1) is 16.7 Å². The monoisotopic (exact) mass is 274 g/mol. The van der Waals surface area contributed by atoms with E-state index in [2.05, 4.69) is 0 Å². The summed E-state index contributed by atoms with van der Waals surface area (Å²) in [5.41, 5.74) is 1.54. The Morgan fingerprint density at radius 3 is 2.70 bits per heavy atom. The number of rotatable bonds is 1. The van der Waals surface area contributed by atoms with Gasteiger partial charge in [0.25, 0.3) is 0 Å². The van der Waals surface area contributed by atoms with E-state index in [9.17, 15) is 15.1 Å². The van der Waals surface area contributed by atoms with Gasteiger partial charge in [0.15, 0.2) is 0 Å². The molecular formula is C15H18N2O3. The lowest BCUT2D eigenvalue weighted by Crippen LogP contribution is -2.48. The van der Waals surface area contributed by atoms with Gasteiger partial charge in [0, 0.05) is 6.92 Å². The largest absolute Gasteiger partial charge is 0.390 e. The van der Waals surface area contributed by atoms with Crippen LogP contribution in [0.1, 0.15) is 43.5 Å². The van der Waals surface area contributed by atoms with Crippen LogP contribution < -0.4 is 0 Å². The molecule has 0 spiro atoms. The molecule has 0 radical (unpaired) electrons. The summed E-state index contributed by atoms with van der Waals surface area (Å²) in [4.78, 5) is 11.5. The summed E-state index contributed by atoms with van der Waals surface area (Å²) in [6.45, 7) is 5.02. The van der Waals surface area contributed by atoms with Crippen LogP contribution in [-0.2, 0) is 11.2 Å². The van der Waals surface area contributed by atoms with E-state index >= 15 is 0 Å². The molecule has 0 heterocycles. The van der Waals surface area contributed by atoms with Gasteiger partial charge in [0.1, 0.15) is 6.04 Å². The number of hydroxylamine groups is 2. The van der Waals surface area contributed by atoms with Gasteiger partial charge in [-0.1, -0.05) is 19.9 Å². The molecule has 0 saturated carbocycles. The van der Waals surface area contributed by atoms with Crippen LogP contribution in [0.25, 0.3) is 0 Å². The van der Waals surface area contributed by atoms with Crippen LogP contribution in [0.3, 0.4) is 0 Å². The van der Waals surface area contributed by atoms with E-state index in [4.69, 9.17) is 5.26 Å². The number of aliphatic hydroxyl groups excluding tert-OH is 1. The fourth-order valence-corrected chi connectivity index (χ4v) is 2.76. The standard InChI is InChI=1S/C15H18N2O3/c1-9(18)17(20)13-12-6-10(8-16)4-5-11(12)7-15(2,3)14(13)19/h4-6,13-14,19-20H,7H2,1-3H3/t13-,14+/m1/s1. The van der Waals surface area contributed by atoms with Crippen molar-refractivity contribution in [1.29, 1.82) is 5.26 Å². The highest BCUT2D eigenvalue weighted by atomic mass is 16.5. The number of amides is 1. The van der Waals surface area contributed by atoms with Gasteiger partial charge in [0.05, 0.1) is 17.7 Å². The number of carbonyl (C=O) groups excluding carboxylic acids is 1. The van der Waals surface area contributed by atoms with E-state index in [-0.39, 0.29) is 0 Å². The zero-order chi connectivity index (χ0) is 15.1. The Hall–Kier alpha value is -1.90. The van der Waals surface area contributed by atoms with Crippen molar-refractivity contribution in [2.24, 2.45) is 5.41 Å². The second-order valence-corrected chi connectivity index (χ2v) is 5.94. The molecule has 0 aromatic heterocycles. The number of hydrogen-bond donors (Lipinski definition) is 2. The molecule has 2 atom stereocenters. The van der Waals surface area contributed by atoms with Crippen molar-refractivity contribution in [3.63, 3.8) is 0 Å². The third-order valence-corrected chi connectivity index (χ3v) is 3.93. The Labute approximate surface area is 118 Å². The first-order valence-electron chi connectivity index (χ1n) is 6.47. The number of benzene rings is 1. The van der Waals surface area contributed by atoms with Crippen molar-refractivity contribution in [2.75, 3.05) is 0 Å². The van der Waals surface area contributed by atoms with Crippen LogP contribution >= 0.6 is 0 Å². The molecule has 106 valence electrons. The lowest BCUT2D eigenvalue weighted by atomic mass is 9.69. The van der Waals surface area contributed by atoms with Gasteiger partial charge >= 0.3 is 0 Å². The average Bonchev–Trinajstić information content (AvgIpc) is 2.38. The third kappa shape index (κ3) is 2.28. The highest BCUT2D eigenvalue weighted by Crippen LogP contribution is 2.43. The fraction of sp³-hybridized carbons (Fsp3) is 0.467. The third-order valence-electron chi connectivity index (χ3n) is 3.93. The maximum absolute atomic E-state index is 11.5. The van der Waals surface area contributed by atoms with Gasteiger partial charge in [-0.3, -0.25) is 10.0 Å². The molecular weight excluding hydrogens is 256 g/mol. The van der Waals surface area contributed by atoms with E-state index in [0.29, 0.717) is 22.6 Å². The number of aliphatic hydroxyl groups is 1. The lowest BCUT2D eigenvalue weighted by Gasteiger charge is -2.44. The molecule has 1 aliphatic rings.